The summed E-state index contributed by atoms with van der Waals surface area (Å²) in [6, 6.07) is 14.3. The number of nitro groups is 1. The molecule has 172 valence electrons. The quantitative estimate of drug-likeness (QED) is 0.196. The maximum absolute atomic E-state index is 13.1. The zero-order valence-electron chi connectivity index (χ0n) is 20.2. The first kappa shape index (κ1) is 24.7. The second-order valence-corrected chi connectivity index (χ2v) is 9.94. The van der Waals surface area contributed by atoms with Crippen LogP contribution in [0.15, 0.2) is 48.5 Å². The first-order valence-electron chi connectivity index (χ1n) is 11.1. The van der Waals surface area contributed by atoms with Gasteiger partial charge in [0, 0.05) is 35.1 Å². The fourth-order valence-corrected chi connectivity index (χ4v) is 5.52. The Balaban J connectivity index is 1.94. The zero-order chi connectivity index (χ0) is 24.3. The van der Waals surface area contributed by atoms with Crippen molar-refractivity contribution in [2.24, 2.45) is 0 Å². The van der Waals surface area contributed by atoms with E-state index in [9.17, 15) is 14.9 Å². The van der Waals surface area contributed by atoms with Crippen molar-refractivity contribution in [3.63, 3.8) is 0 Å². The molecular formula is C28H31NO3S. The number of non-ortho nitro benzene ring substituents is 1. The number of nitrogens with zero attached hydrogens (tertiary/aromatic N) is 1. The lowest BCUT2D eigenvalue weighted by atomic mass is 9.90. The molecule has 0 spiro atoms. The molecule has 0 aliphatic heterocycles. The molecule has 1 unspecified atom stereocenters. The molecule has 3 aromatic rings. The molecular weight excluding hydrogens is 430 g/mol. The van der Waals surface area contributed by atoms with E-state index in [0.717, 1.165) is 16.9 Å². The summed E-state index contributed by atoms with van der Waals surface area (Å²) < 4.78 is 0. The largest absolute Gasteiger partial charge is 0.294 e. The third-order valence-electron chi connectivity index (χ3n) is 6.78. The van der Waals surface area contributed by atoms with Crippen molar-refractivity contribution < 1.29 is 9.72 Å². The minimum Gasteiger partial charge on any atom is -0.294 e. The van der Waals surface area contributed by atoms with Gasteiger partial charge in [-0.2, -0.15) is 0 Å². The van der Waals surface area contributed by atoms with Gasteiger partial charge in [0.2, 0.25) is 0 Å². The first-order chi connectivity index (χ1) is 15.6. The summed E-state index contributed by atoms with van der Waals surface area (Å²) in [5.41, 5.74) is 10.4. The molecule has 3 aromatic carbocycles. The summed E-state index contributed by atoms with van der Waals surface area (Å²) in [7, 11) is 0. The number of benzene rings is 3. The topological polar surface area (TPSA) is 60.2 Å². The molecule has 33 heavy (non-hydrogen) atoms. The number of rotatable bonds is 8. The minimum absolute atomic E-state index is 0.0451. The van der Waals surface area contributed by atoms with E-state index in [4.69, 9.17) is 0 Å². The normalized spacial score (nSPS) is 11.9. The van der Waals surface area contributed by atoms with Gasteiger partial charge in [-0.25, -0.2) is 0 Å². The van der Waals surface area contributed by atoms with Gasteiger partial charge in [0.1, 0.15) is 0 Å². The summed E-state index contributed by atoms with van der Waals surface area (Å²) in [6.07, 6.45) is 0.289. The Morgan fingerprint density at radius 2 is 1.45 bits per heavy atom. The zero-order valence-corrected chi connectivity index (χ0v) is 21.0. The van der Waals surface area contributed by atoms with Crippen molar-refractivity contribution in [3.8, 4) is 0 Å². The van der Waals surface area contributed by atoms with Crippen LogP contribution < -0.4 is 0 Å². The predicted octanol–water partition coefficient (Wildman–Crippen LogP) is 7.69. The molecule has 3 rings (SSSR count). The molecule has 0 fully saturated rings. The number of carbonyl (C=O) groups is 1. The lowest BCUT2D eigenvalue weighted by Gasteiger charge is -2.21. The smallest absolute Gasteiger partial charge is 0.269 e. The van der Waals surface area contributed by atoms with Crippen LogP contribution in [-0.4, -0.2) is 10.7 Å². The Labute approximate surface area is 200 Å². The van der Waals surface area contributed by atoms with Gasteiger partial charge in [0.15, 0.2) is 5.78 Å². The Kier molecular flexibility index (Phi) is 7.75. The van der Waals surface area contributed by atoms with Gasteiger partial charge in [-0.1, -0.05) is 42.0 Å². The highest BCUT2D eigenvalue weighted by Crippen LogP contribution is 2.39. The van der Waals surface area contributed by atoms with E-state index in [1.54, 1.807) is 23.9 Å². The summed E-state index contributed by atoms with van der Waals surface area (Å²) in [6.45, 7) is 12.8. The molecule has 0 saturated heterocycles. The standard InChI is InChI=1S/C28H31NO3S/c1-17-10-12-23(13-11-17)27(30)15-28(24-8-7-9-25(14-24)29(31)32)33-16-26-21(5)19(3)18(2)20(4)22(26)6/h7-14,28H,15-16H2,1-6H3. The van der Waals surface area contributed by atoms with Crippen LogP contribution in [0.2, 0.25) is 0 Å². The SMILES string of the molecule is Cc1ccc(C(=O)CC(SCc2c(C)c(C)c(C)c(C)c2C)c2cccc([N+](=O)[O-])c2)cc1. The summed E-state index contributed by atoms with van der Waals surface area (Å²) in [5, 5.41) is 11.2. The van der Waals surface area contributed by atoms with Crippen molar-refractivity contribution in [3.05, 3.63) is 109 Å². The van der Waals surface area contributed by atoms with Crippen LogP contribution in [0.1, 0.15) is 66.5 Å². The number of hydrogen-bond donors (Lipinski definition) is 0. The highest BCUT2D eigenvalue weighted by Gasteiger charge is 2.22. The van der Waals surface area contributed by atoms with Crippen molar-refractivity contribution in [2.75, 3.05) is 0 Å². The fourth-order valence-electron chi connectivity index (χ4n) is 4.12. The average molecular weight is 462 g/mol. The van der Waals surface area contributed by atoms with Crippen LogP contribution in [0.3, 0.4) is 0 Å². The molecule has 0 amide bonds. The van der Waals surface area contributed by atoms with Crippen molar-refractivity contribution >= 4 is 23.2 Å². The van der Waals surface area contributed by atoms with Gasteiger partial charge in [-0.3, -0.25) is 14.9 Å². The highest BCUT2D eigenvalue weighted by atomic mass is 32.2. The number of hydrogen-bond acceptors (Lipinski definition) is 4. The van der Waals surface area contributed by atoms with Crippen LogP contribution in [0.4, 0.5) is 5.69 Å². The number of ketones is 1. The van der Waals surface area contributed by atoms with Gasteiger partial charge in [0.05, 0.1) is 4.92 Å². The van der Waals surface area contributed by atoms with E-state index < -0.39 is 0 Å². The van der Waals surface area contributed by atoms with Crippen LogP contribution in [0.25, 0.3) is 0 Å². The predicted molar refractivity (Wildman–Crippen MR) is 137 cm³/mol. The molecule has 4 nitrogen and oxygen atoms in total. The van der Waals surface area contributed by atoms with Gasteiger partial charge in [-0.15, -0.1) is 11.8 Å². The van der Waals surface area contributed by atoms with E-state index in [2.05, 4.69) is 34.6 Å². The Bertz CT molecular complexity index is 1170. The van der Waals surface area contributed by atoms with Gasteiger partial charge in [0.25, 0.3) is 5.69 Å². The third-order valence-corrected chi connectivity index (χ3v) is 8.08. The van der Waals surface area contributed by atoms with Crippen LogP contribution in [0, 0.1) is 51.7 Å². The molecule has 0 N–H and O–H groups in total. The molecule has 0 aliphatic rings. The number of carbonyl (C=O) groups excluding carboxylic acids is 1. The maximum atomic E-state index is 13.1. The Morgan fingerprint density at radius 1 is 0.879 bits per heavy atom. The number of aryl methyl sites for hydroxylation is 1. The summed E-state index contributed by atoms with van der Waals surface area (Å²) in [5.74, 6) is 0.789. The third kappa shape index (κ3) is 5.53. The van der Waals surface area contributed by atoms with Crippen LogP contribution in [0.5, 0.6) is 0 Å². The summed E-state index contributed by atoms with van der Waals surface area (Å²) >= 11 is 1.68. The minimum atomic E-state index is -0.381. The molecule has 0 saturated carbocycles. The van der Waals surface area contributed by atoms with Crippen molar-refractivity contribution in [1.82, 2.24) is 0 Å². The molecule has 5 heteroatoms. The van der Waals surface area contributed by atoms with E-state index in [1.165, 1.54) is 39.4 Å². The van der Waals surface area contributed by atoms with E-state index in [1.807, 2.05) is 37.3 Å². The second kappa shape index (κ2) is 10.3. The lowest BCUT2D eigenvalue weighted by Crippen LogP contribution is -2.08. The monoisotopic (exact) mass is 461 g/mol. The van der Waals surface area contributed by atoms with E-state index in [0.29, 0.717) is 5.56 Å². The van der Waals surface area contributed by atoms with Crippen LogP contribution in [-0.2, 0) is 5.75 Å². The second-order valence-electron chi connectivity index (χ2n) is 8.75. The summed E-state index contributed by atoms with van der Waals surface area (Å²) in [4.78, 5) is 24.1. The van der Waals surface area contributed by atoms with E-state index >= 15 is 0 Å². The van der Waals surface area contributed by atoms with Crippen molar-refractivity contribution in [2.45, 2.75) is 59.0 Å². The highest BCUT2D eigenvalue weighted by molar-refractivity contribution is 7.98. The average Bonchev–Trinajstić information content (AvgIpc) is 2.81. The van der Waals surface area contributed by atoms with Gasteiger partial charge >= 0.3 is 0 Å². The molecule has 0 radical (unpaired) electrons. The molecule has 0 aliphatic carbocycles. The van der Waals surface area contributed by atoms with Gasteiger partial charge in [-0.05, 0) is 80.5 Å². The maximum Gasteiger partial charge on any atom is 0.269 e. The van der Waals surface area contributed by atoms with E-state index in [-0.39, 0.29) is 28.1 Å². The Morgan fingerprint density at radius 3 is 2.03 bits per heavy atom. The number of Topliss-reactive ketones (excluding diaryl/α,β-unsaturated/α-hetero) is 1. The number of thioether (sulfide) groups is 1. The molecule has 1 atom stereocenters. The van der Waals surface area contributed by atoms with Crippen molar-refractivity contribution in [1.29, 1.82) is 0 Å². The molecule has 0 bridgehead atoms. The van der Waals surface area contributed by atoms with Crippen LogP contribution >= 0.6 is 11.8 Å². The van der Waals surface area contributed by atoms with Gasteiger partial charge < -0.3 is 0 Å². The first-order valence-corrected chi connectivity index (χ1v) is 12.2. The lowest BCUT2D eigenvalue weighted by molar-refractivity contribution is -0.384. The molecule has 0 heterocycles. The number of nitro benzene ring substituents is 1. The molecule has 0 aromatic heterocycles. The Hall–Kier alpha value is -2.92. The fraction of sp³-hybridized carbons (Fsp3) is 0.321.